The molecule has 0 aliphatic carbocycles. The molecular formula is C28H35F3N2O7S. The van der Waals surface area contributed by atoms with Crippen LogP contribution in [0.5, 0.6) is 17.2 Å². The van der Waals surface area contributed by atoms with Gasteiger partial charge >= 0.3 is 21.7 Å². The van der Waals surface area contributed by atoms with Gasteiger partial charge in [0.2, 0.25) is 0 Å². The van der Waals surface area contributed by atoms with Crippen LogP contribution in [0.25, 0.3) is 0 Å². The second kappa shape index (κ2) is 11.5. The Morgan fingerprint density at radius 1 is 0.976 bits per heavy atom. The molecule has 0 radical (unpaired) electrons. The summed E-state index contributed by atoms with van der Waals surface area (Å²) in [6.07, 6.45) is 1.87. The molecule has 3 heterocycles. The molecule has 9 nitrogen and oxygen atoms in total. The minimum absolute atomic E-state index is 0.125. The van der Waals surface area contributed by atoms with Crippen molar-refractivity contribution in [2.45, 2.75) is 83.2 Å². The summed E-state index contributed by atoms with van der Waals surface area (Å²) in [4.78, 5) is 14.3. The van der Waals surface area contributed by atoms with Crippen molar-refractivity contribution in [3.8, 4) is 17.2 Å². The van der Waals surface area contributed by atoms with E-state index in [0.717, 1.165) is 31.7 Å². The van der Waals surface area contributed by atoms with Gasteiger partial charge in [-0.15, -0.1) is 0 Å². The maximum Gasteiger partial charge on any atom is 0.534 e. The van der Waals surface area contributed by atoms with Crippen molar-refractivity contribution < 1.29 is 44.8 Å². The van der Waals surface area contributed by atoms with Crippen LogP contribution in [0.2, 0.25) is 0 Å². The third kappa shape index (κ3) is 7.49. The molecule has 226 valence electrons. The number of rotatable bonds is 4. The zero-order chi connectivity index (χ0) is 30.2. The minimum Gasteiger partial charge on any atom is -0.490 e. The van der Waals surface area contributed by atoms with Crippen LogP contribution in [-0.2, 0) is 27.7 Å². The maximum atomic E-state index is 12.2. The van der Waals surface area contributed by atoms with Crippen molar-refractivity contribution in [2.75, 3.05) is 18.0 Å². The van der Waals surface area contributed by atoms with Crippen LogP contribution >= 0.6 is 0 Å². The highest BCUT2D eigenvalue weighted by Gasteiger charge is 2.49. The number of nitrogens with zero attached hydrogens (tertiary/aromatic N) is 1. The van der Waals surface area contributed by atoms with E-state index in [-0.39, 0.29) is 30.1 Å². The molecule has 3 atom stereocenters. The second-order valence-electron chi connectivity index (χ2n) is 11.3. The molecule has 2 aromatic carbocycles. The maximum absolute atomic E-state index is 12.2. The Hall–Kier alpha value is -3.35. The van der Waals surface area contributed by atoms with Gasteiger partial charge in [-0.25, -0.2) is 4.79 Å². The van der Waals surface area contributed by atoms with Crippen LogP contribution in [0.3, 0.4) is 0 Å². The number of fused-ring (bicyclic) bond motifs is 2. The monoisotopic (exact) mass is 600 g/mol. The largest absolute Gasteiger partial charge is 0.534 e. The summed E-state index contributed by atoms with van der Waals surface area (Å²) in [6.45, 7) is 11.2. The molecular weight excluding hydrogens is 565 g/mol. The third-order valence-corrected chi connectivity index (χ3v) is 7.54. The summed E-state index contributed by atoms with van der Waals surface area (Å²) in [7, 11) is -5.65. The Morgan fingerprint density at radius 2 is 1.56 bits per heavy atom. The molecule has 2 unspecified atom stereocenters. The van der Waals surface area contributed by atoms with Gasteiger partial charge in [0.15, 0.2) is 0 Å². The van der Waals surface area contributed by atoms with Crippen LogP contribution in [0.4, 0.5) is 23.7 Å². The predicted octanol–water partition coefficient (Wildman–Crippen LogP) is 5.35. The number of hydrogen-bond acceptors (Lipinski definition) is 8. The van der Waals surface area contributed by atoms with Crippen molar-refractivity contribution >= 4 is 21.9 Å². The first-order chi connectivity index (χ1) is 19.0. The van der Waals surface area contributed by atoms with Gasteiger partial charge in [0, 0.05) is 42.7 Å². The molecule has 1 N–H and O–H groups in total. The summed E-state index contributed by atoms with van der Waals surface area (Å²) in [5, 5.41) is 2.98. The topological polar surface area (TPSA) is 103 Å². The van der Waals surface area contributed by atoms with E-state index >= 15 is 0 Å². The first-order valence-electron chi connectivity index (χ1n) is 13.3. The molecule has 0 aromatic heterocycles. The van der Waals surface area contributed by atoms with Gasteiger partial charge in [-0.3, -0.25) is 0 Å². The van der Waals surface area contributed by atoms with Crippen molar-refractivity contribution in [1.29, 1.82) is 0 Å². The number of carbonyl (C=O) groups excluding carboxylic acids is 1. The molecule has 13 heteroatoms. The molecule has 1 amide bonds. The lowest BCUT2D eigenvalue weighted by Gasteiger charge is -2.23. The van der Waals surface area contributed by atoms with E-state index in [1.54, 1.807) is 13.0 Å². The summed E-state index contributed by atoms with van der Waals surface area (Å²) in [6, 6.07) is 10.4. The number of hydrogen-bond donors (Lipinski definition) is 1. The predicted molar refractivity (Wildman–Crippen MR) is 146 cm³/mol. The molecule has 1 fully saturated rings. The fourth-order valence-electron chi connectivity index (χ4n) is 4.93. The van der Waals surface area contributed by atoms with E-state index in [1.165, 1.54) is 23.4 Å². The fourth-order valence-corrected chi connectivity index (χ4v) is 5.42. The highest BCUT2D eigenvalue weighted by molar-refractivity contribution is 7.88. The SMILES string of the molecule is CC1Cc2c(cccc2N2CC[C@H](NC(=O)OC(C)(C)C)C2)O1.CC1Cc2c(cccc2OS(=O)(=O)C(F)(F)F)O1. The molecule has 1 saturated heterocycles. The Balaban J connectivity index is 0.000000195. The van der Waals surface area contributed by atoms with E-state index in [1.807, 2.05) is 32.9 Å². The van der Waals surface area contributed by atoms with Crippen LogP contribution < -0.4 is 23.9 Å². The number of alkyl carbamates (subject to hydrolysis) is 1. The number of carbonyl (C=O) groups is 1. The molecule has 3 aliphatic heterocycles. The van der Waals surface area contributed by atoms with Crippen LogP contribution in [0.1, 0.15) is 52.2 Å². The van der Waals surface area contributed by atoms with Gasteiger partial charge in [-0.1, -0.05) is 12.1 Å². The number of nitrogens with one attached hydrogen (secondary N) is 1. The van der Waals surface area contributed by atoms with E-state index < -0.39 is 21.2 Å². The van der Waals surface area contributed by atoms with Crippen molar-refractivity contribution in [3.63, 3.8) is 0 Å². The number of halogens is 3. The molecule has 0 spiro atoms. The van der Waals surface area contributed by atoms with Gasteiger partial charge < -0.3 is 28.6 Å². The standard InChI is InChI=1S/C18H26N2O3.C10H9F3O4S/c1-12-10-14-15(6-5-7-16(14)22-12)20-9-8-13(11-20)19-17(21)23-18(2,3)4;1-6-5-7-8(16-6)3-2-4-9(7)17-18(14,15)10(11,12)13/h5-7,12-13H,8-11H2,1-4H3,(H,19,21);2-4,6H,5H2,1H3/t12?,13-;/m0./s1. The number of anilines is 1. The average Bonchev–Trinajstić information content (AvgIpc) is 3.54. The molecule has 5 rings (SSSR count). The van der Waals surface area contributed by atoms with Gasteiger partial charge in [0.05, 0.1) is 6.04 Å². The van der Waals surface area contributed by atoms with Crippen molar-refractivity contribution in [2.24, 2.45) is 0 Å². The normalized spacial score (nSPS) is 21.6. The van der Waals surface area contributed by atoms with Crippen molar-refractivity contribution in [3.05, 3.63) is 47.5 Å². The zero-order valence-electron chi connectivity index (χ0n) is 23.6. The van der Waals surface area contributed by atoms with Gasteiger partial charge in [0.25, 0.3) is 0 Å². The van der Waals surface area contributed by atoms with E-state index in [4.69, 9.17) is 14.2 Å². The van der Waals surface area contributed by atoms with Crippen LogP contribution in [0, 0.1) is 0 Å². The van der Waals surface area contributed by atoms with E-state index in [9.17, 15) is 26.4 Å². The third-order valence-electron chi connectivity index (χ3n) is 6.57. The average molecular weight is 601 g/mol. The van der Waals surface area contributed by atoms with Crippen molar-refractivity contribution in [1.82, 2.24) is 5.32 Å². The Kier molecular flexibility index (Phi) is 8.58. The molecule has 0 saturated carbocycles. The fraction of sp³-hybridized carbons (Fsp3) is 0.536. The van der Waals surface area contributed by atoms with Crippen LogP contribution in [0.15, 0.2) is 36.4 Å². The lowest BCUT2D eigenvalue weighted by atomic mass is 10.1. The summed E-state index contributed by atoms with van der Waals surface area (Å²) >= 11 is 0. The Labute approximate surface area is 238 Å². The highest BCUT2D eigenvalue weighted by atomic mass is 32.2. The molecule has 0 bridgehead atoms. The number of alkyl halides is 3. The summed E-state index contributed by atoms with van der Waals surface area (Å²) in [5.74, 6) is 1.00. The lowest BCUT2D eigenvalue weighted by Crippen LogP contribution is -2.40. The quantitative estimate of drug-likeness (QED) is 0.370. The zero-order valence-corrected chi connectivity index (χ0v) is 24.4. The van der Waals surface area contributed by atoms with E-state index in [2.05, 4.69) is 27.4 Å². The van der Waals surface area contributed by atoms with Gasteiger partial charge in [-0.2, -0.15) is 21.6 Å². The van der Waals surface area contributed by atoms with E-state index in [0.29, 0.717) is 17.7 Å². The smallest absolute Gasteiger partial charge is 0.490 e. The highest BCUT2D eigenvalue weighted by Crippen LogP contribution is 2.39. The summed E-state index contributed by atoms with van der Waals surface area (Å²) in [5.41, 5.74) is -3.05. The molecule has 2 aromatic rings. The first kappa shape index (κ1) is 30.6. The summed E-state index contributed by atoms with van der Waals surface area (Å²) < 4.78 is 79.0. The van der Waals surface area contributed by atoms with Gasteiger partial charge in [0.1, 0.15) is 35.1 Å². The first-order valence-corrected chi connectivity index (χ1v) is 14.8. The number of ether oxygens (including phenoxy) is 3. The lowest BCUT2D eigenvalue weighted by molar-refractivity contribution is -0.0500. The number of amides is 1. The van der Waals surface area contributed by atoms with Crippen LogP contribution in [-0.4, -0.2) is 57.0 Å². The van der Waals surface area contributed by atoms with Gasteiger partial charge in [-0.05, 0) is 65.3 Å². The Morgan fingerprint density at radius 3 is 2.17 bits per heavy atom. The minimum atomic E-state index is -5.65. The molecule has 3 aliphatic rings. The number of benzene rings is 2. The molecule has 41 heavy (non-hydrogen) atoms. The Bertz CT molecular complexity index is 1380. The second-order valence-corrected chi connectivity index (χ2v) is 12.9.